The maximum atomic E-state index is 10.9. The summed E-state index contributed by atoms with van der Waals surface area (Å²) < 4.78 is 1.61. The summed E-state index contributed by atoms with van der Waals surface area (Å²) in [7, 11) is 0. The van der Waals surface area contributed by atoms with Crippen molar-refractivity contribution in [3.8, 4) is 0 Å². The second-order valence-corrected chi connectivity index (χ2v) is 6.42. The third kappa shape index (κ3) is 3.37. The van der Waals surface area contributed by atoms with Crippen LogP contribution < -0.4 is 0 Å². The molecule has 0 amide bonds. The van der Waals surface area contributed by atoms with Crippen molar-refractivity contribution in [2.75, 3.05) is 0 Å². The van der Waals surface area contributed by atoms with Gasteiger partial charge in [0, 0.05) is 18.7 Å². The molecule has 0 bridgehead atoms. The predicted molar refractivity (Wildman–Crippen MR) is 79.4 cm³/mol. The van der Waals surface area contributed by atoms with Crippen LogP contribution in [-0.4, -0.2) is 11.1 Å². The second kappa shape index (κ2) is 5.91. The molecule has 1 N–H and O–H groups in total. The van der Waals surface area contributed by atoms with Crippen LogP contribution in [0.25, 0.3) is 0 Å². The van der Waals surface area contributed by atoms with Crippen LogP contribution in [0.2, 0.25) is 0 Å². The van der Waals surface area contributed by atoms with Crippen LogP contribution in [-0.2, 0) is 0 Å². The number of carbonyl (C=O) groups is 1. The maximum absolute atomic E-state index is 10.9. The van der Waals surface area contributed by atoms with Gasteiger partial charge in [-0.25, -0.2) is 4.79 Å². The zero-order valence-corrected chi connectivity index (χ0v) is 13.0. The SMILES string of the molecule is O=C(O)c1ccc(Sc2cccc(Br)c2)cc1Br. The Kier molecular flexibility index (Phi) is 4.48. The number of carboxylic acid groups (broad SMARTS) is 1. The fraction of sp³-hybridized carbons (Fsp3) is 0. The van der Waals surface area contributed by atoms with Crippen molar-refractivity contribution in [3.05, 3.63) is 57.0 Å². The molecule has 0 atom stereocenters. The van der Waals surface area contributed by atoms with Gasteiger partial charge in [-0.1, -0.05) is 33.8 Å². The minimum absolute atomic E-state index is 0.272. The first kappa shape index (κ1) is 13.6. The van der Waals surface area contributed by atoms with Crippen molar-refractivity contribution >= 4 is 49.6 Å². The summed E-state index contributed by atoms with van der Waals surface area (Å²) in [5.74, 6) is -0.930. The minimum Gasteiger partial charge on any atom is -0.478 e. The van der Waals surface area contributed by atoms with Gasteiger partial charge in [-0.05, 0) is 52.3 Å². The van der Waals surface area contributed by atoms with Crippen LogP contribution in [0.4, 0.5) is 0 Å². The first-order valence-corrected chi connectivity index (χ1v) is 7.43. The highest BCUT2D eigenvalue weighted by atomic mass is 79.9. The number of hydrogen-bond acceptors (Lipinski definition) is 2. The number of benzene rings is 2. The van der Waals surface area contributed by atoms with E-state index < -0.39 is 5.97 Å². The molecule has 0 aliphatic heterocycles. The number of carboxylic acids is 1. The van der Waals surface area contributed by atoms with Crippen molar-refractivity contribution in [1.29, 1.82) is 0 Å². The van der Waals surface area contributed by atoms with Crippen molar-refractivity contribution in [2.24, 2.45) is 0 Å². The second-order valence-electron chi connectivity index (χ2n) is 3.51. The molecule has 0 fully saturated rings. The monoisotopic (exact) mass is 386 g/mol. The Morgan fingerprint density at radius 1 is 1.06 bits per heavy atom. The van der Waals surface area contributed by atoms with Gasteiger partial charge < -0.3 is 5.11 Å². The Morgan fingerprint density at radius 2 is 1.78 bits per heavy atom. The van der Waals surface area contributed by atoms with Gasteiger partial charge in [-0.3, -0.25) is 0 Å². The zero-order valence-electron chi connectivity index (χ0n) is 9.06. The summed E-state index contributed by atoms with van der Waals surface area (Å²) in [6.07, 6.45) is 0. The molecule has 18 heavy (non-hydrogen) atoms. The van der Waals surface area contributed by atoms with Crippen molar-refractivity contribution in [2.45, 2.75) is 9.79 Å². The van der Waals surface area contributed by atoms with E-state index in [2.05, 4.69) is 31.9 Å². The highest BCUT2D eigenvalue weighted by Gasteiger charge is 2.09. The predicted octanol–water partition coefficient (Wildman–Crippen LogP) is 5.06. The molecule has 2 nitrogen and oxygen atoms in total. The fourth-order valence-electron chi connectivity index (χ4n) is 1.40. The lowest BCUT2D eigenvalue weighted by Crippen LogP contribution is -1.96. The van der Waals surface area contributed by atoms with E-state index >= 15 is 0 Å². The van der Waals surface area contributed by atoms with Gasteiger partial charge in [0.2, 0.25) is 0 Å². The Bertz CT molecular complexity index is 599. The fourth-order valence-corrected chi connectivity index (χ4v) is 3.57. The Labute approximate surface area is 126 Å². The highest BCUT2D eigenvalue weighted by Crippen LogP contribution is 2.32. The molecule has 0 aliphatic rings. The summed E-state index contributed by atoms with van der Waals surface area (Å²) in [6, 6.07) is 13.2. The van der Waals surface area contributed by atoms with Crippen LogP contribution >= 0.6 is 43.6 Å². The number of aromatic carboxylic acids is 1. The Balaban J connectivity index is 2.25. The Hall–Kier alpha value is -0.780. The molecular formula is C13H8Br2O2S. The lowest BCUT2D eigenvalue weighted by atomic mass is 10.2. The molecule has 5 heteroatoms. The summed E-state index contributed by atoms with van der Waals surface area (Å²) in [4.78, 5) is 13.0. The summed E-state index contributed by atoms with van der Waals surface area (Å²) in [5, 5.41) is 8.94. The molecule has 0 aromatic heterocycles. The molecule has 2 rings (SSSR count). The third-order valence-electron chi connectivity index (χ3n) is 2.20. The van der Waals surface area contributed by atoms with Crippen LogP contribution in [0.1, 0.15) is 10.4 Å². The summed E-state index contributed by atoms with van der Waals surface area (Å²) >= 11 is 8.28. The van der Waals surface area contributed by atoms with Crippen LogP contribution in [0.15, 0.2) is 61.2 Å². The van der Waals surface area contributed by atoms with Gasteiger partial charge in [-0.2, -0.15) is 0 Å². The van der Waals surface area contributed by atoms with Crippen molar-refractivity contribution in [1.82, 2.24) is 0 Å². The molecule has 92 valence electrons. The molecule has 0 unspecified atom stereocenters. The standard InChI is InChI=1S/C13H8Br2O2S/c14-8-2-1-3-9(6-8)18-10-4-5-11(13(16)17)12(15)7-10/h1-7H,(H,16,17). The van der Waals surface area contributed by atoms with Crippen LogP contribution in [0.3, 0.4) is 0 Å². The molecule has 0 spiro atoms. The zero-order chi connectivity index (χ0) is 13.1. The molecule has 0 heterocycles. The van der Waals surface area contributed by atoms with Crippen LogP contribution in [0.5, 0.6) is 0 Å². The van der Waals surface area contributed by atoms with E-state index in [9.17, 15) is 4.79 Å². The number of rotatable bonds is 3. The largest absolute Gasteiger partial charge is 0.478 e. The molecule has 0 saturated heterocycles. The first-order valence-electron chi connectivity index (χ1n) is 5.02. The lowest BCUT2D eigenvalue weighted by molar-refractivity contribution is 0.0696. The van der Waals surface area contributed by atoms with E-state index in [0.717, 1.165) is 14.3 Å². The van der Waals surface area contributed by atoms with Gasteiger partial charge in [0.15, 0.2) is 0 Å². The normalized spacial score (nSPS) is 10.3. The number of halogens is 2. The number of hydrogen-bond donors (Lipinski definition) is 1. The minimum atomic E-state index is -0.930. The van der Waals surface area contributed by atoms with Gasteiger partial charge in [0.25, 0.3) is 0 Å². The molecule has 0 aliphatic carbocycles. The summed E-state index contributed by atoms with van der Waals surface area (Å²) in [6.45, 7) is 0. The van der Waals surface area contributed by atoms with E-state index in [0.29, 0.717) is 4.47 Å². The average molecular weight is 388 g/mol. The average Bonchev–Trinajstić information content (AvgIpc) is 2.28. The van der Waals surface area contributed by atoms with E-state index in [4.69, 9.17) is 5.11 Å². The first-order chi connectivity index (χ1) is 8.56. The van der Waals surface area contributed by atoms with Gasteiger partial charge in [0.1, 0.15) is 0 Å². The van der Waals surface area contributed by atoms with E-state index in [1.54, 1.807) is 23.9 Å². The van der Waals surface area contributed by atoms with Crippen molar-refractivity contribution in [3.63, 3.8) is 0 Å². The smallest absolute Gasteiger partial charge is 0.336 e. The van der Waals surface area contributed by atoms with Gasteiger partial charge in [0.05, 0.1) is 5.56 Å². The lowest BCUT2D eigenvalue weighted by Gasteiger charge is -2.05. The van der Waals surface area contributed by atoms with Gasteiger partial charge >= 0.3 is 5.97 Å². The van der Waals surface area contributed by atoms with Gasteiger partial charge in [-0.15, -0.1) is 0 Å². The van der Waals surface area contributed by atoms with Crippen molar-refractivity contribution < 1.29 is 9.90 Å². The van der Waals surface area contributed by atoms with E-state index in [1.807, 2.05) is 30.3 Å². The summed E-state index contributed by atoms with van der Waals surface area (Å²) in [5.41, 5.74) is 0.272. The highest BCUT2D eigenvalue weighted by molar-refractivity contribution is 9.10. The van der Waals surface area contributed by atoms with Crippen LogP contribution in [0, 0.1) is 0 Å². The molecule has 2 aromatic rings. The quantitative estimate of drug-likeness (QED) is 0.799. The molecular weight excluding hydrogens is 380 g/mol. The van der Waals surface area contributed by atoms with E-state index in [1.165, 1.54) is 0 Å². The molecule has 0 radical (unpaired) electrons. The maximum Gasteiger partial charge on any atom is 0.336 e. The third-order valence-corrected chi connectivity index (χ3v) is 4.33. The Morgan fingerprint density at radius 3 is 2.39 bits per heavy atom. The van der Waals surface area contributed by atoms with E-state index in [-0.39, 0.29) is 5.56 Å². The molecule has 0 saturated carbocycles. The molecule has 2 aromatic carbocycles. The topological polar surface area (TPSA) is 37.3 Å².